The van der Waals surface area contributed by atoms with Crippen molar-refractivity contribution < 1.29 is 14.3 Å². The van der Waals surface area contributed by atoms with Gasteiger partial charge in [0, 0.05) is 0 Å². The highest BCUT2D eigenvalue weighted by Gasteiger charge is 2.33. The highest BCUT2D eigenvalue weighted by atomic mass is 19.1. The van der Waals surface area contributed by atoms with E-state index in [1.807, 2.05) is 0 Å². The molecule has 0 fully saturated rings. The molecule has 1 aromatic carbocycles. The van der Waals surface area contributed by atoms with Gasteiger partial charge in [0.2, 0.25) is 0 Å². The Morgan fingerprint density at radius 2 is 2.06 bits per heavy atom. The van der Waals surface area contributed by atoms with Crippen LogP contribution in [0, 0.1) is 0 Å². The molecule has 1 amide bonds. The molecule has 0 aliphatic rings. The second-order valence-corrected chi connectivity index (χ2v) is 4.12. The number of nitrogens with zero attached hydrogens (tertiary/aromatic N) is 1. The Bertz CT molecular complexity index is 393. The van der Waals surface area contributed by atoms with Crippen LogP contribution in [0.2, 0.25) is 0 Å². The summed E-state index contributed by atoms with van der Waals surface area (Å²) in [4.78, 5) is 12.1. The van der Waals surface area contributed by atoms with E-state index < -0.39 is 18.3 Å². The third-order valence-electron chi connectivity index (χ3n) is 2.30. The van der Waals surface area contributed by atoms with E-state index in [1.54, 1.807) is 24.3 Å². The molecule has 1 aromatic rings. The van der Waals surface area contributed by atoms with E-state index in [0.717, 1.165) is 4.90 Å². The van der Waals surface area contributed by atoms with Gasteiger partial charge >= 0.3 is 6.09 Å². The topological polar surface area (TPSA) is 66.6 Å². The average Bonchev–Trinajstić information content (AvgIpc) is 2.20. The van der Waals surface area contributed by atoms with Crippen molar-refractivity contribution in [2.24, 2.45) is 0 Å². The fourth-order valence-corrected chi connectivity index (χ4v) is 1.44. The highest BCUT2D eigenvalue weighted by Crippen LogP contribution is 2.29. The van der Waals surface area contributed by atoms with E-state index in [9.17, 15) is 9.18 Å². The smallest absolute Gasteiger partial charge is 0.412 e. The summed E-state index contributed by atoms with van der Waals surface area (Å²) in [6, 6.07) is 6.50. The minimum Gasteiger partial charge on any atom is -0.465 e. The van der Waals surface area contributed by atoms with E-state index in [4.69, 9.17) is 10.8 Å². The van der Waals surface area contributed by atoms with Crippen molar-refractivity contribution in [3.05, 3.63) is 24.3 Å². The number of amides is 1. The molecule has 0 saturated heterocycles. The molecule has 0 radical (unpaired) electrons. The minimum atomic E-state index is -1.22. The monoisotopic (exact) mass is 226 g/mol. The van der Waals surface area contributed by atoms with Crippen LogP contribution in [0.15, 0.2) is 24.3 Å². The third-order valence-corrected chi connectivity index (χ3v) is 2.30. The van der Waals surface area contributed by atoms with Gasteiger partial charge in [-0.2, -0.15) is 0 Å². The molecule has 0 unspecified atom stereocenters. The molecule has 0 bridgehead atoms. The van der Waals surface area contributed by atoms with Crippen LogP contribution in [0.25, 0.3) is 0 Å². The Kier molecular flexibility index (Phi) is 3.37. The van der Waals surface area contributed by atoms with Gasteiger partial charge in [0.05, 0.1) is 16.9 Å². The van der Waals surface area contributed by atoms with Gasteiger partial charge in [-0.05, 0) is 26.0 Å². The fraction of sp³-hybridized carbons (Fsp3) is 0.364. The van der Waals surface area contributed by atoms with Crippen LogP contribution in [0.5, 0.6) is 0 Å². The molecule has 88 valence electrons. The van der Waals surface area contributed by atoms with Crippen LogP contribution in [-0.4, -0.2) is 23.4 Å². The number of benzene rings is 1. The summed E-state index contributed by atoms with van der Waals surface area (Å²) in [7, 11) is 0. The first-order valence-corrected chi connectivity index (χ1v) is 4.84. The number of rotatable bonds is 3. The van der Waals surface area contributed by atoms with Gasteiger partial charge in [-0.15, -0.1) is 0 Å². The molecule has 0 atom stereocenters. The molecule has 0 aromatic heterocycles. The van der Waals surface area contributed by atoms with E-state index in [2.05, 4.69) is 0 Å². The first-order chi connectivity index (χ1) is 7.40. The average molecular weight is 226 g/mol. The van der Waals surface area contributed by atoms with Gasteiger partial charge in [0.15, 0.2) is 0 Å². The summed E-state index contributed by atoms with van der Waals surface area (Å²) >= 11 is 0. The van der Waals surface area contributed by atoms with Gasteiger partial charge in [0.1, 0.15) is 6.67 Å². The lowest BCUT2D eigenvalue weighted by Crippen LogP contribution is -2.49. The maximum absolute atomic E-state index is 12.9. The predicted molar refractivity (Wildman–Crippen MR) is 61.4 cm³/mol. The molecule has 0 aliphatic carbocycles. The number of alkyl halides is 1. The van der Waals surface area contributed by atoms with Gasteiger partial charge in [-0.3, -0.25) is 4.90 Å². The Morgan fingerprint density at radius 3 is 2.50 bits per heavy atom. The van der Waals surface area contributed by atoms with Crippen LogP contribution >= 0.6 is 0 Å². The summed E-state index contributed by atoms with van der Waals surface area (Å²) in [5.74, 6) is 0. The van der Waals surface area contributed by atoms with Crippen LogP contribution in [-0.2, 0) is 0 Å². The van der Waals surface area contributed by atoms with Crippen LogP contribution in [0.3, 0.4) is 0 Å². The summed E-state index contributed by atoms with van der Waals surface area (Å²) < 4.78 is 12.9. The van der Waals surface area contributed by atoms with E-state index in [-0.39, 0.29) is 0 Å². The minimum absolute atomic E-state index is 0.303. The normalized spacial score (nSPS) is 11.2. The number of halogens is 1. The van der Waals surface area contributed by atoms with Crippen molar-refractivity contribution in [1.29, 1.82) is 0 Å². The zero-order chi connectivity index (χ0) is 12.3. The van der Waals surface area contributed by atoms with Crippen molar-refractivity contribution in [1.82, 2.24) is 0 Å². The number of carboxylic acid groups (broad SMARTS) is 1. The molecule has 3 N–H and O–H groups in total. The second kappa shape index (κ2) is 4.38. The number of nitrogens with two attached hydrogens (primary N) is 1. The fourth-order valence-electron chi connectivity index (χ4n) is 1.44. The number of nitrogen functional groups attached to an aromatic ring is 1. The summed E-state index contributed by atoms with van der Waals surface area (Å²) in [5, 5.41) is 9.12. The Balaban J connectivity index is 3.24. The van der Waals surface area contributed by atoms with E-state index in [1.165, 1.54) is 13.8 Å². The standard InChI is InChI=1S/C11H15FN2O2/c1-11(2,7-12)14(10(15)16)9-6-4-3-5-8(9)13/h3-6H,7,13H2,1-2H3,(H,15,16). The molecule has 5 heteroatoms. The SMILES string of the molecule is CC(C)(CF)N(C(=O)O)c1ccccc1N. The Labute approximate surface area is 93.5 Å². The maximum atomic E-state index is 12.9. The maximum Gasteiger partial charge on any atom is 0.412 e. The lowest BCUT2D eigenvalue weighted by Gasteiger charge is -2.34. The quantitative estimate of drug-likeness (QED) is 0.778. The third kappa shape index (κ3) is 2.24. The number of carbonyl (C=O) groups is 1. The molecule has 0 heterocycles. The number of hydrogen-bond acceptors (Lipinski definition) is 2. The first kappa shape index (κ1) is 12.3. The summed E-state index contributed by atoms with van der Waals surface area (Å²) in [6.45, 7) is 2.23. The molecule has 1 rings (SSSR count). The molecule has 0 spiro atoms. The summed E-state index contributed by atoms with van der Waals surface area (Å²) in [5.41, 5.74) is 5.16. The molecule has 16 heavy (non-hydrogen) atoms. The second-order valence-electron chi connectivity index (χ2n) is 4.12. The zero-order valence-corrected chi connectivity index (χ0v) is 9.27. The molecule has 0 saturated carbocycles. The van der Waals surface area contributed by atoms with Gasteiger partial charge < -0.3 is 10.8 Å². The molecular formula is C11H15FN2O2. The molecule has 4 nitrogen and oxygen atoms in total. The number of hydrogen-bond donors (Lipinski definition) is 2. The van der Waals surface area contributed by atoms with Crippen LogP contribution in [0.4, 0.5) is 20.6 Å². The van der Waals surface area contributed by atoms with Crippen molar-refractivity contribution in [2.45, 2.75) is 19.4 Å². The lowest BCUT2D eigenvalue weighted by molar-refractivity contribution is 0.190. The van der Waals surface area contributed by atoms with Crippen molar-refractivity contribution in [3.8, 4) is 0 Å². The van der Waals surface area contributed by atoms with Crippen LogP contribution in [0.1, 0.15) is 13.8 Å². The van der Waals surface area contributed by atoms with E-state index >= 15 is 0 Å². The molecular weight excluding hydrogens is 211 g/mol. The van der Waals surface area contributed by atoms with Crippen molar-refractivity contribution >= 4 is 17.5 Å². The zero-order valence-electron chi connectivity index (χ0n) is 9.27. The van der Waals surface area contributed by atoms with Crippen molar-refractivity contribution in [2.75, 3.05) is 17.3 Å². The lowest BCUT2D eigenvalue weighted by atomic mass is 10.0. The number of para-hydroxylation sites is 2. The Hall–Kier alpha value is -1.78. The first-order valence-electron chi connectivity index (χ1n) is 4.84. The number of anilines is 2. The summed E-state index contributed by atoms with van der Waals surface area (Å²) in [6.07, 6.45) is -1.22. The highest BCUT2D eigenvalue weighted by molar-refractivity contribution is 5.91. The van der Waals surface area contributed by atoms with Gasteiger partial charge in [0.25, 0.3) is 0 Å². The largest absolute Gasteiger partial charge is 0.465 e. The van der Waals surface area contributed by atoms with Crippen LogP contribution < -0.4 is 10.6 Å². The van der Waals surface area contributed by atoms with Gasteiger partial charge in [-0.25, -0.2) is 9.18 Å². The van der Waals surface area contributed by atoms with Gasteiger partial charge in [-0.1, -0.05) is 12.1 Å². The predicted octanol–water partition coefficient (Wildman–Crippen LogP) is 2.50. The Morgan fingerprint density at radius 1 is 1.50 bits per heavy atom. The molecule has 0 aliphatic heterocycles. The van der Waals surface area contributed by atoms with Crippen molar-refractivity contribution in [3.63, 3.8) is 0 Å². The van der Waals surface area contributed by atoms with E-state index in [0.29, 0.717) is 11.4 Å².